The zero-order valence-electron chi connectivity index (χ0n) is 14.4. The van der Waals surface area contributed by atoms with E-state index < -0.39 is 0 Å². The van der Waals surface area contributed by atoms with E-state index in [-0.39, 0.29) is 24.1 Å². The van der Waals surface area contributed by atoms with Crippen molar-refractivity contribution in [2.75, 3.05) is 24.2 Å². The highest BCUT2D eigenvalue weighted by molar-refractivity contribution is 8.00. The van der Waals surface area contributed by atoms with Crippen molar-refractivity contribution >= 4 is 29.3 Å². The zero-order valence-corrected chi connectivity index (χ0v) is 15.2. The second kappa shape index (κ2) is 9.74. The largest absolute Gasteiger partial charge is 0.494 e. The van der Waals surface area contributed by atoms with Crippen LogP contribution in [0.1, 0.15) is 12.5 Å². The number of anilines is 1. The number of carbonyl (C=O) groups excluding carboxylic acids is 2. The molecular formula is C19H22N2O3S. The molecule has 0 radical (unpaired) electrons. The Hall–Kier alpha value is -2.47. The number of amides is 2. The second-order valence-electron chi connectivity index (χ2n) is 5.38. The monoisotopic (exact) mass is 358 g/mol. The highest BCUT2D eigenvalue weighted by Crippen LogP contribution is 2.18. The standard InChI is InChI=1S/C19H22N2O3S/c1-3-24-16-8-6-15(7-9-16)21-18(22)12-20-19(23)13-25-17-10-4-14(2)5-11-17/h4-11H,3,12-13H2,1-2H3,(H,20,23)(H,21,22). The summed E-state index contributed by atoms with van der Waals surface area (Å²) in [4.78, 5) is 24.7. The third-order valence-corrected chi connectivity index (χ3v) is 4.30. The lowest BCUT2D eigenvalue weighted by molar-refractivity contribution is -0.122. The summed E-state index contributed by atoms with van der Waals surface area (Å²) >= 11 is 1.44. The van der Waals surface area contributed by atoms with Crippen molar-refractivity contribution in [1.29, 1.82) is 0 Å². The fourth-order valence-corrected chi connectivity index (χ4v) is 2.75. The first-order chi connectivity index (χ1) is 12.1. The van der Waals surface area contributed by atoms with Crippen molar-refractivity contribution in [1.82, 2.24) is 5.32 Å². The molecule has 0 fully saturated rings. The first-order valence-corrected chi connectivity index (χ1v) is 9.04. The molecule has 0 saturated heterocycles. The highest BCUT2D eigenvalue weighted by Gasteiger charge is 2.07. The smallest absolute Gasteiger partial charge is 0.243 e. The van der Waals surface area contributed by atoms with Crippen molar-refractivity contribution in [3.8, 4) is 5.75 Å². The van der Waals surface area contributed by atoms with Gasteiger partial charge in [0.1, 0.15) is 5.75 Å². The quantitative estimate of drug-likeness (QED) is 0.711. The summed E-state index contributed by atoms with van der Waals surface area (Å²) in [6, 6.07) is 15.1. The van der Waals surface area contributed by atoms with Gasteiger partial charge in [-0.05, 0) is 50.2 Å². The predicted molar refractivity (Wildman–Crippen MR) is 101 cm³/mol. The SMILES string of the molecule is CCOc1ccc(NC(=O)CNC(=O)CSc2ccc(C)cc2)cc1. The Balaban J connectivity index is 1.69. The minimum absolute atomic E-state index is 0.0551. The summed E-state index contributed by atoms with van der Waals surface area (Å²) in [5.74, 6) is 0.589. The van der Waals surface area contributed by atoms with E-state index in [2.05, 4.69) is 10.6 Å². The van der Waals surface area contributed by atoms with E-state index in [1.54, 1.807) is 24.3 Å². The van der Waals surface area contributed by atoms with E-state index in [0.29, 0.717) is 12.3 Å². The number of carbonyl (C=O) groups is 2. The summed E-state index contributed by atoms with van der Waals surface area (Å²) < 4.78 is 5.34. The van der Waals surface area contributed by atoms with Gasteiger partial charge in [-0.15, -0.1) is 11.8 Å². The predicted octanol–water partition coefficient (Wildman–Crippen LogP) is 3.24. The van der Waals surface area contributed by atoms with Crippen molar-refractivity contribution in [3.05, 3.63) is 54.1 Å². The molecule has 0 atom stereocenters. The maximum absolute atomic E-state index is 11.9. The molecule has 2 amide bonds. The molecule has 0 saturated carbocycles. The molecule has 2 N–H and O–H groups in total. The van der Waals surface area contributed by atoms with Crippen molar-refractivity contribution in [3.63, 3.8) is 0 Å². The first-order valence-electron chi connectivity index (χ1n) is 8.05. The summed E-state index contributed by atoms with van der Waals surface area (Å²) in [7, 11) is 0. The van der Waals surface area contributed by atoms with E-state index >= 15 is 0 Å². The zero-order chi connectivity index (χ0) is 18.1. The van der Waals surface area contributed by atoms with Gasteiger partial charge in [-0.25, -0.2) is 0 Å². The number of aryl methyl sites for hydroxylation is 1. The molecule has 0 aliphatic heterocycles. The van der Waals surface area contributed by atoms with Crippen molar-refractivity contribution < 1.29 is 14.3 Å². The van der Waals surface area contributed by atoms with Crippen LogP contribution in [-0.4, -0.2) is 30.7 Å². The van der Waals surface area contributed by atoms with Gasteiger partial charge < -0.3 is 15.4 Å². The van der Waals surface area contributed by atoms with Gasteiger partial charge in [-0.1, -0.05) is 17.7 Å². The lowest BCUT2D eigenvalue weighted by atomic mass is 10.2. The number of rotatable bonds is 8. The summed E-state index contributed by atoms with van der Waals surface area (Å²) in [5, 5.41) is 5.35. The van der Waals surface area contributed by atoms with E-state index in [9.17, 15) is 9.59 Å². The van der Waals surface area contributed by atoms with Crippen LogP contribution in [0.25, 0.3) is 0 Å². The average molecular weight is 358 g/mol. The minimum atomic E-state index is -0.266. The molecule has 6 heteroatoms. The molecule has 0 aliphatic carbocycles. The third kappa shape index (κ3) is 6.89. The van der Waals surface area contributed by atoms with Crippen LogP contribution in [0.5, 0.6) is 5.75 Å². The molecule has 0 heterocycles. The molecule has 0 spiro atoms. The molecule has 0 aliphatic rings. The van der Waals surface area contributed by atoms with Gasteiger partial charge in [0.25, 0.3) is 0 Å². The Morgan fingerprint density at radius 3 is 2.32 bits per heavy atom. The molecule has 25 heavy (non-hydrogen) atoms. The summed E-state index contributed by atoms with van der Waals surface area (Å²) in [6.07, 6.45) is 0. The number of benzene rings is 2. The average Bonchev–Trinajstić information content (AvgIpc) is 2.61. The van der Waals surface area contributed by atoms with Crippen LogP contribution in [0.4, 0.5) is 5.69 Å². The van der Waals surface area contributed by atoms with Crippen LogP contribution < -0.4 is 15.4 Å². The molecule has 2 aromatic rings. The van der Waals surface area contributed by atoms with Gasteiger partial charge in [-0.2, -0.15) is 0 Å². The number of hydrogen-bond donors (Lipinski definition) is 2. The maximum Gasteiger partial charge on any atom is 0.243 e. The fourth-order valence-electron chi connectivity index (χ4n) is 2.02. The van der Waals surface area contributed by atoms with Crippen LogP contribution in [0, 0.1) is 6.92 Å². The highest BCUT2D eigenvalue weighted by atomic mass is 32.2. The van der Waals surface area contributed by atoms with Crippen LogP contribution in [0.2, 0.25) is 0 Å². The van der Waals surface area contributed by atoms with Gasteiger partial charge in [0.05, 0.1) is 18.9 Å². The summed E-state index contributed by atoms with van der Waals surface area (Å²) in [5.41, 5.74) is 1.84. The molecule has 132 valence electrons. The fraction of sp³-hybridized carbons (Fsp3) is 0.263. The van der Waals surface area contributed by atoms with Crippen LogP contribution in [0.15, 0.2) is 53.4 Å². The second-order valence-corrected chi connectivity index (χ2v) is 6.43. The van der Waals surface area contributed by atoms with Gasteiger partial charge >= 0.3 is 0 Å². The molecule has 2 aromatic carbocycles. The van der Waals surface area contributed by atoms with Crippen LogP contribution in [0.3, 0.4) is 0 Å². The molecule has 5 nitrogen and oxygen atoms in total. The number of hydrogen-bond acceptors (Lipinski definition) is 4. The summed E-state index contributed by atoms with van der Waals surface area (Å²) in [6.45, 7) is 4.47. The van der Waals surface area contributed by atoms with Gasteiger partial charge in [-0.3, -0.25) is 9.59 Å². The van der Waals surface area contributed by atoms with Crippen molar-refractivity contribution in [2.24, 2.45) is 0 Å². The lowest BCUT2D eigenvalue weighted by Gasteiger charge is -2.08. The topological polar surface area (TPSA) is 67.4 Å². The van der Waals surface area contributed by atoms with Crippen LogP contribution in [-0.2, 0) is 9.59 Å². The van der Waals surface area contributed by atoms with Crippen LogP contribution >= 0.6 is 11.8 Å². The maximum atomic E-state index is 11.9. The molecule has 0 aromatic heterocycles. The Bertz CT molecular complexity index is 700. The Morgan fingerprint density at radius 2 is 1.68 bits per heavy atom. The Labute approximate surface area is 152 Å². The first kappa shape index (κ1) is 18.9. The lowest BCUT2D eigenvalue weighted by Crippen LogP contribution is -2.33. The number of thioether (sulfide) groups is 1. The molecule has 0 unspecified atom stereocenters. The Kier molecular flexibility index (Phi) is 7.35. The van der Waals surface area contributed by atoms with Crippen molar-refractivity contribution in [2.45, 2.75) is 18.7 Å². The van der Waals surface area contributed by atoms with E-state index in [1.165, 1.54) is 17.3 Å². The van der Waals surface area contributed by atoms with Gasteiger partial charge in [0.15, 0.2) is 0 Å². The molecule has 0 bridgehead atoms. The Morgan fingerprint density at radius 1 is 1.00 bits per heavy atom. The van der Waals surface area contributed by atoms with E-state index in [1.807, 2.05) is 38.1 Å². The number of ether oxygens (including phenoxy) is 1. The van der Waals surface area contributed by atoms with E-state index in [0.717, 1.165) is 10.6 Å². The van der Waals surface area contributed by atoms with E-state index in [4.69, 9.17) is 4.74 Å². The number of nitrogens with one attached hydrogen (secondary N) is 2. The third-order valence-electron chi connectivity index (χ3n) is 3.29. The van der Waals surface area contributed by atoms with Gasteiger partial charge in [0.2, 0.25) is 11.8 Å². The molecular weight excluding hydrogens is 336 g/mol. The minimum Gasteiger partial charge on any atom is -0.494 e. The van der Waals surface area contributed by atoms with Gasteiger partial charge in [0, 0.05) is 10.6 Å². The molecule has 2 rings (SSSR count). The normalized spacial score (nSPS) is 10.2.